The van der Waals surface area contributed by atoms with Crippen LogP contribution < -0.4 is 14.8 Å². The molecule has 0 saturated heterocycles. The summed E-state index contributed by atoms with van der Waals surface area (Å²) in [6.45, 7) is 1.40. The first-order valence-electron chi connectivity index (χ1n) is 11.2. The zero-order valence-electron chi connectivity index (χ0n) is 20.0. The van der Waals surface area contributed by atoms with Crippen LogP contribution in [0.5, 0.6) is 17.5 Å². The maximum Gasteiger partial charge on any atom is 0.346 e. The molecular formula is C26H23FN4O5S. The molecule has 0 aliphatic heterocycles. The van der Waals surface area contributed by atoms with E-state index in [0.29, 0.717) is 12.1 Å². The third-order valence-electron chi connectivity index (χ3n) is 5.26. The Morgan fingerprint density at radius 3 is 2.62 bits per heavy atom. The molecule has 0 aliphatic carbocycles. The fourth-order valence-electron chi connectivity index (χ4n) is 3.34. The summed E-state index contributed by atoms with van der Waals surface area (Å²) in [5, 5.41) is 2.67. The lowest BCUT2D eigenvalue weighted by Gasteiger charge is -2.14. The molecule has 1 N–H and O–H groups in total. The lowest BCUT2D eigenvalue weighted by molar-refractivity contribution is -0.147. The zero-order chi connectivity index (χ0) is 26.2. The van der Waals surface area contributed by atoms with Crippen molar-refractivity contribution in [3.05, 3.63) is 95.1 Å². The average Bonchev–Trinajstić information content (AvgIpc) is 3.34. The first-order chi connectivity index (χ1) is 17.9. The minimum atomic E-state index is -0.889. The number of carbonyl (C=O) groups excluding carboxylic acids is 2. The van der Waals surface area contributed by atoms with Crippen molar-refractivity contribution in [3.8, 4) is 17.5 Å². The quantitative estimate of drug-likeness (QED) is 0.307. The summed E-state index contributed by atoms with van der Waals surface area (Å²) in [5.41, 5.74) is 2.05. The van der Waals surface area contributed by atoms with Gasteiger partial charge in [-0.1, -0.05) is 36.4 Å². The van der Waals surface area contributed by atoms with Gasteiger partial charge in [-0.25, -0.2) is 14.2 Å². The van der Waals surface area contributed by atoms with Gasteiger partial charge in [-0.3, -0.25) is 4.79 Å². The van der Waals surface area contributed by atoms with E-state index in [1.165, 1.54) is 32.4 Å². The van der Waals surface area contributed by atoms with Crippen LogP contribution in [0.25, 0.3) is 0 Å². The van der Waals surface area contributed by atoms with E-state index >= 15 is 0 Å². The molecule has 1 atom stereocenters. The SMILES string of the molecule is COC(=O)[C@@H](C)Oc1ccc(CNC(=O)c2cccnc2Oc2nsnc2Cc2ccccc2)c(F)c1. The van der Waals surface area contributed by atoms with Crippen molar-refractivity contribution in [2.24, 2.45) is 0 Å². The normalized spacial score (nSPS) is 11.4. The Morgan fingerprint density at radius 1 is 1.05 bits per heavy atom. The van der Waals surface area contributed by atoms with Gasteiger partial charge in [0.25, 0.3) is 11.8 Å². The average molecular weight is 523 g/mol. The second kappa shape index (κ2) is 12.0. The molecule has 37 heavy (non-hydrogen) atoms. The van der Waals surface area contributed by atoms with E-state index in [9.17, 15) is 14.0 Å². The number of carbonyl (C=O) groups is 2. The predicted octanol–water partition coefficient (Wildman–Crippen LogP) is 4.33. The van der Waals surface area contributed by atoms with Crippen molar-refractivity contribution in [2.75, 3.05) is 7.11 Å². The smallest absolute Gasteiger partial charge is 0.346 e. The Kier molecular flexibility index (Phi) is 8.37. The van der Waals surface area contributed by atoms with Crippen LogP contribution in [0.1, 0.15) is 34.1 Å². The number of nitrogens with one attached hydrogen (secondary N) is 1. The van der Waals surface area contributed by atoms with Gasteiger partial charge in [0.05, 0.1) is 18.8 Å². The predicted molar refractivity (Wildman–Crippen MR) is 133 cm³/mol. The highest BCUT2D eigenvalue weighted by molar-refractivity contribution is 6.99. The number of esters is 1. The second-order valence-corrected chi connectivity index (χ2v) is 8.38. The summed E-state index contributed by atoms with van der Waals surface area (Å²) in [6.07, 6.45) is 1.12. The molecule has 0 radical (unpaired) electrons. The molecule has 2 aromatic heterocycles. The number of aromatic nitrogens is 3. The first-order valence-corrected chi connectivity index (χ1v) is 12.0. The molecule has 0 saturated carbocycles. The Balaban J connectivity index is 1.42. The van der Waals surface area contributed by atoms with Gasteiger partial charge in [-0.15, -0.1) is 4.37 Å². The molecule has 2 heterocycles. The van der Waals surface area contributed by atoms with Crippen molar-refractivity contribution in [1.82, 2.24) is 19.0 Å². The second-order valence-electron chi connectivity index (χ2n) is 7.86. The van der Waals surface area contributed by atoms with Crippen molar-refractivity contribution < 1.29 is 28.2 Å². The van der Waals surface area contributed by atoms with E-state index < -0.39 is 23.8 Å². The Morgan fingerprint density at radius 2 is 1.86 bits per heavy atom. The molecule has 0 unspecified atom stereocenters. The molecule has 0 spiro atoms. The van der Waals surface area contributed by atoms with Gasteiger partial charge in [-0.2, -0.15) is 4.37 Å². The van der Waals surface area contributed by atoms with Crippen molar-refractivity contribution in [2.45, 2.75) is 26.0 Å². The highest BCUT2D eigenvalue weighted by Gasteiger charge is 2.19. The number of nitrogens with zero attached hydrogens (tertiary/aromatic N) is 3. The lowest BCUT2D eigenvalue weighted by Crippen LogP contribution is -2.25. The summed E-state index contributed by atoms with van der Waals surface area (Å²) in [6, 6.07) is 17.0. The molecular weight excluding hydrogens is 499 g/mol. The monoisotopic (exact) mass is 522 g/mol. The number of hydrogen-bond acceptors (Lipinski definition) is 9. The number of amides is 1. The molecule has 0 bridgehead atoms. The molecule has 4 aromatic rings. The van der Waals surface area contributed by atoms with E-state index in [4.69, 9.17) is 9.47 Å². The van der Waals surface area contributed by atoms with Gasteiger partial charge in [-0.05, 0) is 30.7 Å². The third kappa shape index (κ3) is 6.64. The van der Waals surface area contributed by atoms with E-state index in [1.54, 1.807) is 12.1 Å². The number of hydrogen-bond donors (Lipinski definition) is 1. The lowest BCUT2D eigenvalue weighted by atomic mass is 10.1. The van der Waals surface area contributed by atoms with Crippen LogP contribution in [0.2, 0.25) is 0 Å². The fourth-order valence-corrected chi connectivity index (χ4v) is 3.84. The highest BCUT2D eigenvalue weighted by atomic mass is 32.1. The van der Waals surface area contributed by atoms with Crippen LogP contribution >= 0.6 is 11.7 Å². The Hall–Kier alpha value is -4.38. The van der Waals surface area contributed by atoms with E-state index in [1.807, 2.05) is 30.3 Å². The largest absolute Gasteiger partial charge is 0.479 e. The van der Waals surface area contributed by atoms with Crippen molar-refractivity contribution >= 4 is 23.6 Å². The number of benzene rings is 2. The van der Waals surface area contributed by atoms with Crippen molar-refractivity contribution in [3.63, 3.8) is 0 Å². The van der Waals surface area contributed by atoms with E-state index in [2.05, 4.69) is 23.8 Å². The van der Waals surface area contributed by atoms with Gasteiger partial charge >= 0.3 is 5.97 Å². The summed E-state index contributed by atoms with van der Waals surface area (Å²) in [5.74, 6) is -1.19. The number of methoxy groups -OCH3 is 1. The molecule has 11 heteroatoms. The maximum atomic E-state index is 14.6. The van der Waals surface area contributed by atoms with Crippen LogP contribution in [-0.2, 0) is 22.5 Å². The molecule has 4 rings (SSSR count). The van der Waals surface area contributed by atoms with Crippen molar-refractivity contribution in [1.29, 1.82) is 0 Å². The van der Waals surface area contributed by atoms with Gasteiger partial charge in [0.2, 0.25) is 5.88 Å². The minimum absolute atomic E-state index is 0.0584. The topological polar surface area (TPSA) is 113 Å². The van der Waals surface area contributed by atoms with E-state index in [-0.39, 0.29) is 35.2 Å². The first kappa shape index (κ1) is 25.7. The number of halogens is 1. The zero-order valence-corrected chi connectivity index (χ0v) is 20.8. The molecule has 0 fully saturated rings. The molecule has 190 valence electrons. The highest BCUT2D eigenvalue weighted by Crippen LogP contribution is 2.27. The maximum absolute atomic E-state index is 14.6. The van der Waals surface area contributed by atoms with Crippen LogP contribution in [0, 0.1) is 5.82 Å². The molecule has 9 nitrogen and oxygen atoms in total. The molecule has 0 aliphatic rings. The third-order valence-corrected chi connectivity index (χ3v) is 5.80. The summed E-state index contributed by atoms with van der Waals surface area (Å²) in [4.78, 5) is 28.6. The van der Waals surface area contributed by atoms with E-state index in [0.717, 1.165) is 23.4 Å². The fraction of sp³-hybridized carbons (Fsp3) is 0.192. The molecule has 2 aromatic carbocycles. The Bertz CT molecular complexity index is 1380. The summed E-state index contributed by atoms with van der Waals surface area (Å²) < 4.78 is 38.9. The van der Waals surface area contributed by atoms with Gasteiger partial charge in [0, 0.05) is 30.8 Å². The summed E-state index contributed by atoms with van der Waals surface area (Å²) >= 11 is 1.00. The number of ether oxygens (including phenoxy) is 3. The minimum Gasteiger partial charge on any atom is -0.479 e. The Labute approximate surface area is 216 Å². The van der Waals surface area contributed by atoms with Crippen LogP contribution in [0.15, 0.2) is 66.9 Å². The van der Waals surface area contributed by atoms with Crippen LogP contribution in [-0.4, -0.2) is 38.8 Å². The molecule has 1 amide bonds. The standard InChI is InChI=1S/C26H23FN4O5S/c1-16(26(33)34-2)35-19-11-10-18(21(27)14-19)15-29-23(32)20-9-6-12-28-24(20)36-25-22(30-37-31-25)13-17-7-4-3-5-8-17/h3-12,14,16H,13,15H2,1-2H3,(H,29,32)/t16-/m1/s1. The number of rotatable bonds is 10. The summed E-state index contributed by atoms with van der Waals surface area (Å²) in [7, 11) is 1.24. The van der Waals surface area contributed by atoms with Gasteiger partial charge < -0.3 is 19.5 Å². The van der Waals surface area contributed by atoms with Crippen LogP contribution in [0.3, 0.4) is 0 Å². The number of pyridine rings is 1. The van der Waals surface area contributed by atoms with Crippen LogP contribution in [0.4, 0.5) is 4.39 Å². The van der Waals surface area contributed by atoms with Gasteiger partial charge in [0.1, 0.15) is 22.8 Å². The van der Waals surface area contributed by atoms with Gasteiger partial charge in [0.15, 0.2) is 6.10 Å².